The van der Waals surface area contributed by atoms with Gasteiger partial charge in [-0.25, -0.2) is 0 Å². The Labute approximate surface area is 159 Å². The molecule has 0 aliphatic carbocycles. The van der Waals surface area contributed by atoms with Crippen molar-refractivity contribution in [3.05, 3.63) is 68.1 Å². The minimum absolute atomic E-state index is 0.275. The zero-order chi connectivity index (χ0) is 19.0. The normalized spacial score (nSPS) is 15.8. The van der Waals surface area contributed by atoms with E-state index in [-0.39, 0.29) is 5.91 Å². The number of thiocarbonyl (C=S) groups is 1. The van der Waals surface area contributed by atoms with Crippen molar-refractivity contribution in [2.45, 2.75) is 13.8 Å². The quantitative estimate of drug-likeness (QED) is 0.366. The monoisotopic (exact) mass is 386 g/mol. The van der Waals surface area contributed by atoms with Crippen molar-refractivity contribution in [2.24, 2.45) is 0 Å². The summed E-state index contributed by atoms with van der Waals surface area (Å²) in [5.74, 6) is -0.697. The molecule has 6 nitrogen and oxygen atoms in total. The Morgan fingerprint density at radius 2 is 1.96 bits per heavy atom. The molecule has 1 heterocycles. The molecule has 1 aliphatic heterocycles. The Morgan fingerprint density at radius 3 is 2.62 bits per heavy atom. The molecular weight excluding hydrogens is 372 g/mol. The first-order chi connectivity index (χ1) is 12.3. The maximum absolute atomic E-state index is 12.8. The topological polar surface area (TPSA) is 83.7 Å². The van der Waals surface area contributed by atoms with Crippen LogP contribution in [0.15, 0.2) is 41.3 Å². The number of rotatable bonds is 3. The van der Waals surface area contributed by atoms with Gasteiger partial charge in [-0.05, 0) is 43.2 Å². The van der Waals surface area contributed by atoms with Crippen LogP contribution in [-0.2, 0) is 4.79 Å². The van der Waals surface area contributed by atoms with Gasteiger partial charge in [0.15, 0.2) is 10.1 Å². The van der Waals surface area contributed by atoms with E-state index in [0.29, 0.717) is 14.8 Å². The summed E-state index contributed by atoms with van der Waals surface area (Å²) in [6, 6.07) is 9.69. The summed E-state index contributed by atoms with van der Waals surface area (Å²) in [7, 11) is 0. The third-order valence-electron chi connectivity index (χ3n) is 3.88. The third-order valence-corrected chi connectivity index (χ3v) is 5.18. The SMILES string of the molecule is Cc1ccc(N2C(=O)/C(=C\c3ccc(O)c([N+](=O)[O-])c3)SC2=S)c(C)c1. The fourth-order valence-corrected chi connectivity index (χ4v) is 3.94. The number of nitrogens with zero attached hydrogens (tertiary/aromatic N) is 2. The molecule has 1 amide bonds. The van der Waals surface area contributed by atoms with E-state index in [2.05, 4.69) is 0 Å². The van der Waals surface area contributed by atoms with Gasteiger partial charge >= 0.3 is 5.69 Å². The standard InChI is InChI=1S/C18H14N2O4S2/c1-10-3-5-13(11(2)7-10)19-17(22)16(26-18(19)25)9-12-4-6-15(21)14(8-12)20(23)24/h3-9,21H,1-2H3/b16-9+. The summed E-state index contributed by atoms with van der Waals surface area (Å²) < 4.78 is 0.404. The Kier molecular flexibility index (Phi) is 4.80. The zero-order valence-electron chi connectivity index (χ0n) is 13.9. The molecule has 8 heteroatoms. The number of hydrogen-bond acceptors (Lipinski definition) is 6. The lowest BCUT2D eigenvalue weighted by Gasteiger charge is -2.17. The number of carbonyl (C=O) groups excluding carboxylic acids is 1. The molecule has 1 N–H and O–H groups in total. The first-order valence-electron chi connectivity index (χ1n) is 7.60. The average molecular weight is 386 g/mol. The lowest BCUT2D eigenvalue weighted by Crippen LogP contribution is -2.28. The molecule has 0 unspecified atom stereocenters. The van der Waals surface area contributed by atoms with Crippen LogP contribution < -0.4 is 4.90 Å². The summed E-state index contributed by atoms with van der Waals surface area (Å²) in [5.41, 5.74) is 2.77. The maximum Gasteiger partial charge on any atom is 0.311 e. The van der Waals surface area contributed by atoms with Crippen LogP contribution in [0.2, 0.25) is 0 Å². The number of phenolic OH excluding ortho intramolecular Hbond substituents is 1. The average Bonchev–Trinajstić information content (AvgIpc) is 2.83. The summed E-state index contributed by atoms with van der Waals surface area (Å²) in [5, 5.41) is 20.5. The number of phenols is 1. The van der Waals surface area contributed by atoms with Crippen molar-refractivity contribution in [1.82, 2.24) is 0 Å². The second-order valence-electron chi connectivity index (χ2n) is 5.81. The van der Waals surface area contributed by atoms with Crippen molar-refractivity contribution in [1.29, 1.82) is 0 Å². The van der Waals surface area contributed by atoms with Crippen LogP contribution in [0.3, 0.4) is 0 Å². The van der Waals surface area contributed by atoms with Crippen molar-refractivity contribution in [3.8, 4) is 5.75 Å². The zero-order valence-corrected chi connectivity index (χ0v) is 15.6. The highest BCUT2D eigenvalue weighted by Crippen LogP contribution is 2.38. The van der Waals surface area contributed by atoms with Crippen LogP contribution >= 0.6 is 24.0 Å². The Balaban J connectivity index is 1.97. The molecule has 26 heavy (non-hydrogen) atoms. The summed E-state index contributed by atoms with van der Waals surface area (Å²) in [4.78, 5) is 24.9. The molecule has 3 rings (SSSR count). The van der Waals surface area contributed by atoms with Gasteiger partial charge in [0.25, 0.3) is 5.91 Å². The first-order valence-corrected chi connectivity index (χ1v) is 8.83. The Morgan fingerprint density at radius 1 is 1.23 bits per heavy atom. The Hall–Kier alpha value is -2.71. The van der Waals surface area contributed by atoms with E-state index in [1.807, 2.05) is 32.0 Å². The second-order valence-corrected chi connectivity index (χ2v) is 7.49. The van der Waals surface area contributed by atoms with Gasteiger partial charge in [0.2, 0.25) is 0 Å². The van der Waals surface area contributed by atoms with Crippen LogP contribution in [0.25, 0.3) is 6.08 Å². The maximum atomic E-state index is 12.8. The number of benzene rings is 2. The second kappa shape index (κ2) is 6.89. The summed E-state index contributed by atoms with van der Waals surface area (Å²) in [6.45, 7) is 3.88. The van der Waals surface area contributed by atoms with Gasteiger partial charge in [0, 0.05) is 6.07 Å². The number of anilines is 1. The number of carbonyl (C=O) groups is 1. The van der Waals surface area contributed by atoms with Crippen molar-refractivity contribution in [2.75, 3.05) is 4.90 Å². The lowest BCUT2D eigenvalue weighted by molar-refractivity contribution is -0.385. The molecule has 1 fully saturated rings. The van der Waals surface area contributed by atoms with Crippen LogP contribution in [0.5, 0.6) is 5.75 Å². The minimum Gasteiger partial charge on any atom is -0.502 e. The molecule has 0 saturated carbocycles. The molecule has 0 aromatic heterocycles. The number of thioether (sulfide) groups is 1. The van der Waals surface area contributed by atoms with Crippen LogP contribution in [-0.4, -0.2) is 20.3 Å². The highest BCUT2D eigenvalue weighted by Gasteiger charge is 2.34. The van der Waals surface area contributed by atoms with E-state index >= 15 is 0 Å². The summed E-state index contributed by atoms with van der Waals surface area (Å²) in [6.07, 6.45) is 1.54. The van der Waals surface area contributed by atoms with E-state index in [9.17, 15) is 20.0 Å². The number of aryl methyl sites for hydroxylation is 2. The van der Waals surface area contributed by atoms with E-state index in [1.165, 1.54) is 29.2 Å². The van der Waals surface area contributed by atoms with Gasteiger partial charge in [-0.3, -0.25) is 19.8 Å². The smallest absolute Gasteiger partial charge is 0.311 e. The van der Waals surface area contributed by atoms with Gasteiger partial charge in [-0.15, -0.1) is 0 Å². The van der Waals surface area contributed by atoms with Gasteiger partial charge in [0.1, 0.15) is 0 Å². The molecule has 0 radical (unpaired) electrons. The van der Waals surface area contributed by atoms with E-state index < -0.39 is 16.4 Å². The van der Waals surface area contributed by atoms with Gasteiger partial charge in [0.05, 0.1) is 15.5 Å². The van der Waals surface area contributed by atoms with Crippen LogP contribution in [0.1, 0.15) is 16.7 Å². The molecule has 1 saturated heterocycles. The first kappa shape index (κ1) is 18.1. The number of aromatic hydroxyl groups is 1. The van der Waals surface area contributed by atoms with Crippen molar-refractivity contribution >= 4 is 51.7 Å². The van der Waals surface area contributed by atoms with Crippen LogP contribution in [0.4, 0.5) is 11.4 Å². The van der Waals surface area contributed by atoms with E-state index in [4.69, 9.17) is 12.2 Å². The van der Waals surface area contributed by atoms with E-state index in [1.54, 1.807) is 0 Å². The van der Waals surface area contributed by atoms with Gasteiger partial charge in [-0.2, -0.15) is 0 Å². The van der Waals surface area contributed by atoms with Gasteiger partial charge < -0.3 is 5.11 Å². The van der Waals surface area contributed by atoms with E-state index in [0.717, 1.165) is 28.6 Å². The molecule has 0 spiro atoms. The molecule has 1 aliphatic rings. The molecule has 132 valence electrons. The predicted octanol–water partition coefficient (Wildman–Crippen LogP) is 4.32. The highest BCUT2D eigenvalue weighted by molar-refractivity contribution is 8.27. The fourth-order valence-electron chi connectivity index (χ4n) is 2.66. The number of hydrogen-bond donors (Lipinski definition) is 1. The third kappa shape index (κ3) is 3.33. The highest BCUT2D eigenvalue weighted by atomic mass is 32.2. The number of amides is 1. The largest absolute Gasteiger partial charge is 0.502 e. The fraction of sp³-hybridized carbons (Fsp3) is 0.111. The number of nitro benzene ring substituents is 1. The Bertz CT molecular complexity index is 985. The molecule has 0 atom stereocenters. The lowest BCUT2D eigenvalue weighted by atomic mass is 10.1. The van der Waals surface area contributed by atoms with Crippen molar-refractivity contribution in [3.63, 3.8) is 0 Å². The molecule has 2 aromatic carbocycles. The number of nitro groups is 1. The predicted molar refractivity (Wildman–Crippen MR) is 106 cm³/mol. The summed E-state index contributed by atoms with van der Waals surface area (Å²) >= 11 is 6.49. The molecule has 2 aromatic rings. The van der Waals surface area contributed by atoms with Gasteiger partial charge in [-0.1, -0.05) is 47.7 Å². The minimum atomic E-state index is -0.673. The molecular formula is C18H14N2O4S2. The molecule has 0 bridgehead atoms. The van der Waals surface area contributed by atoms with Crippen LogP contribution in [0, 0.1) is 24.0 Å². The van der Waals surface area contributed by atoms with Crippen molar-refractivity contribution < 1.29 is 14.8 Å².